The Morgan fingerprint density at radius 3 is 2.50 bits per heavy atom. The largest absolute Gasteiger partial charge is 0.384 e. The summed E-state index contributed by atoms with van der Waals surface area (Å²) in [7, 11) is 0. The lowest BCUT2D eigenvalue weighted by Gasteiger charge is -2.27. The Morgan fingerprint density at radius 1 is 1.19 bits per heavy atom. The van der Waals surface area contributed by atoms with Gasteiger partial charge < -0.3 is 10.6 Å². The molecule has 0 spiro atoms. The average molecular weight is 220 g/mol. The van der Waals surface area contributed by atoms with Gasteiger partial charge in [-0.05, 0) is 25.2 Å². The molecule has 0 bridgehead atoms. The Morgan fingerprint density at radius 2 is 1.88 bits per heavy atom. The van der Waals surface area contributed by atoms with Crippen LogP contribution < -0.4 is 10.6 Å². The van der Waals surface area contributed by atoms with E-state index < -0.39 is 0 Å². The van der Waals surface area contributed by atoms with E-state index in [4.69, 9.17) is 5.73 Å². The molecule has 0 unspecified atom stereocenters. The van der Waals surface area contributed by atoms with Gasteiger partial charge in [-0.3, -0.25) is 0 Å². The van der Waals surface area contributed by atoms with Gasteiger partial charge in [-0.1, -0.05) is 13.8 Å². The highest BCUT2D eigenvalue weighted by molar-refractivity contribution is 5.41. The molecule has 2 N–H and O–H groups in total. The maximum Gasteiger partial charge on any atom is 0.227 e. The van der Waals surface area contributed by atoms with Gasteiger partial charge in [-0.2, -0.15) is 4.98 Å². The molecule has 0 saturated carbocycles. The zero-order chi connectivity index (χ0) is 11.5. The number of rotatable bonds is 2. The average Bonchev–Trinajstić information content (AvgIpc) is 2.29. The zero-order valence-corrected chi connectivity index (χ0v) is 10.1. The fourth-order valence-electron chi connectivity index (χ4n) is 2.00. The third kappa shape index (κ3) is 2.43. The first-order valence-electron chi connectivity index (χ1n) is 6.06. The topological polar surface area (TPSA) is 55.0 Å². The molecule has 1 aliphatic rings. The SMILES string of the molecule is CC(C)c1cc(N)nc(N2CCCCC2)n1. The van der Waals surface area contributed by atoms with Crippen LogP contribution in [0.2, 0.25) is 0 Å². The molecule has 2 heterocycles. The number of nitrogens with two attached hydrogens (primary N) is 1. The number of hydrogen-bond acceptors (Lipinski definition) is 4. The highest BCUT2D eigenvalue weighted by Crippen LogP contribution is 2.20. The van der Waals surface area contributed by atoms with E-state index in [0.717, 1.165) is 24.7 Å². The van der Waals surface area contributed by atoms with E-state index in [1.807, 2.05) is 6.07 Å². The Labute approximate surface area is 96.9 Å². The van der Waals surface area contributed by atoms with Crippen molar-refractivity contribution in [2.45, 2.75) is 39.0 Å². The third-order valence-electron chi connectivity index (χ3n) is 2.98. The van der Waals surface area contributed by atoms with Crippen LogP contribution in [-0.2, 0) is 0 Å². The summed E-state index contributed by atoms with van der Waals surface area (Å²) in [6, 6.07) is 1.87. The molecule has 0 aliphatic carbocycles. The van der Waals surface area contributed by atoms with Gasteiger partial charge in [-0.15, -0.1) is 0 Å². The van der Waals surface area contributed by atoms with Crippen LogP contribution in [0.1, 0.15) is 44.7 Å². The van der Waals surface area contributed by atoms with Crippen molar-refractivity contribution < 1.29 is 0 Å². The van der Waals surface area contributed by atoms with Crippen LogP contribution in [0, 0.1) is 0 Å². The summed E-state index contributed by atoms with van der Waals surface area (Å²) in [6.07, 6.45) is 3.78. The van der Waals surface area contributed by atoms with Gasteiger partial charge in [0.25, 0.3) is 0 Å². The minimum atomic E-state index is 0.397. The Hall–Kier alpha value is -1.32. The number of piperidine rings is 1. The molecule has 16 heavy (non-hydrogen) atoms. The molecule has 0 radical (unpaired) electrons. The molecule has 4 nitrogen and oxygen atoms in total. The van der Waals surface area contributed by atoms with Gasteiger partial charge in [-0.25, -0.2) is 4.98 Å². The summed E-state index contributed by atoms with van der Waals surface area (Å²) in [4.78, 5) is 11.2. The van der Waals surface area contributed by atoms with Crippen LogP contribution in [0.25, 0.3) is 0 Å². The lowest BCUT2D eigenvalue weighted by atomic mass is 10.1. The third-order valence-corrected chi connectivity index (χ3v) is 2.98. The van der Waals surface area contributed by atoms with Crippen molar-refractivity contribution in [2.24, 2.45) is 0 Å². The summed E-state index contributed by atoms with van der Waals surface area (Å²) >= 11 is 0. The molecular weight excluding hydrogens is 200 g/mol. The molecular formula is C12H20N4. The molecule has 1 aromatic heterocycles. The van der Waals surface area contributed by atoms with Crippen LogP contribution in [0.15, 0.2) is 6.07 Å². The van der Waals surface area contributed by atoms with Crippen LogP contribution in [0.3, 0.4) is 0 Å². The van der Waals surface area contributed by atoms with Crippen LogP contribution >= 0.6 is 0 Å². The van der Waals surface area contributed by atoms with Gasteiger partial charge in [0.2, 0.25) is 5.95 Å². The predicted octanol–water partition coefficient (Wildman–Crippen LogP) is 2.17. The first kappa shape index (κ1) is 11.2. The van der Waals surface area contributed by atoms with E-state index in [1.165, 1.54) is 19.3 Å². The highest BCUT2D eigenvalue weighted by atomic mass is 15.3. The molecule has 2 rings (SSSR count). The monoisotopic (exact) mass is 220 g/mol. The summed E-state index contributed by atoms with van der Waals surface area (Å²) in [5.41, 5.74) is 6.86. The van der Waals surface area contributed by atoms with Gasteiger partial charge in [0.15, 0.2) is 0 Å². The summed E-state index contributed by atoms with van der Waals surface area (Å²) in [5, 5.41) is 0. The zero-order valence-electron chi connectivity index (χ0n) is 10.1. The van der Waals surface area contributed by atoms with E-state index in [1.54, 1.807) is 0 Å². The second-order valence-electron chi connectivity index (χ2n) is 4.72. The molecule has 1 saturated heterocycles. The van der Waals surface area contributed by atoms with Gasteiger partial charge >= 0.3 is 0 Å². The van der Waals surface area contributed by atoms with Crippen molar-refractivity contribution in [2.75, 3.05) is 23.7 Å². The van der Waals surface area contributed by atoms with Crippen molar-refractivity contribution >= 4 is 11.8 Å². The second-order valence-corrected chi connectivity index (χ2v) is 4.72. The van der Waals surface area contributed by atoms with E-state index in [9.17, 15) is 0 Å². The quantitative estimate of drug-likeness (QED) is 0.830. The Bertz CT molecular complexity index is 356. The number of anilines is 2. The molecule has 88 valence electrons. The van der Waals surface area contributed by atoms with Crippen molar-refractivity contribution in [3.05, 3.63) is 11.8 Å². The molecule has 4 heteroatoms. The fraction of sp³-hybridized carbons (Fsp3) is 0.667. The maximum atomic E-state index is 5.83. The highest BCUT2D eigenvalue weighted by Gasteiger charge is 2.15. The first-order chi connectivity index (χ1) is 7.66. The summed E-state index contributed by atoms with van der Waals surface area (Å²) in [5.74, 6) is 1.79. The second kappa shape index (κ2) is 4.68. The van der Waals surface area contributed by atoms with Crippen LogP contribution in [0.5, 0.6) is 0 Å². The Balaban J connectivity index is 2.25. The minimum absolute atomic E-state index is 0.397. The maximum absolute atomic E-state index is 5.83. The lowest BCUT2D eigenvalue weighted by molar-refractivity contribution is 0.567. The van der Waals surface area contributed by atoms with E-state index in [-0.39, 0.29) is 0 Å². The molecule has 0 aromatic carbocycles. The van der Waals surface area contributed by atoms with Crippen molar-refractivity contribution in [1.82, 2.24) is 9.97 Å². The van der Waals surface area contributed by atoms with E-state index in [0.29, 0.717) is 11.7 Å². The molecule has 1 fully saturated rings. The predicted molar refractivity (Wildman–Crippen MR) is 66.6 cm³/mol. The molecule has 0 atom stereocenters. The van der Waals surface area contributed by atoms with Crippen molar-refractivity contribution in [3.8, 4) is 0 Å². The smallest absolute Gasteiger partial charge is 0.227 e. The number of nitrogens with zero attached hydrogens (tertiary/aromatic N) is 3. The number of aromatic nitrogens is 2. The molecule has 1 aromatic rings. The standard InChI is InChI=1S/C12H20N4/c1-9(2)10-8-11(13)15-12(14-10)16-6-4-3-5-7-16/h8-9H,3-7H2,1-2H3,(H2,13,14,15). The van der Waals surface area contributed by atoms with E-state index in [2.05, 4.69) is 28.7 Å². The van der Waals surface area contributed by atoms with Crippen molar-refractivity contribution in [3.63, 3.8) is 0 Å². The minimum Gasteiger partial charge on any atom is -0.384 e. The number of nitrogen functional groups attached to an aromatic ring is 1. The van der Waals surface area contributed by atoms with E-state index >= 15 is 0 Å². The van der Waals surface area contributed by atoms with Crippen molar-refractivity contribution in [1.29, 1.82) is 0 Å². The number of hydrogen-bond donors (Lipinski definition) is 1. The van der Waals surface area contributed by atoms with Gasteiger partial charge in [0.1, 0.15) is 5.82 Å². The lowest BCUT2D eigenvalue weighted by Crippen LogP contribution is -2.31. The fourth-order valence-corrected chi connectivity index (χ4v) is 2.00. The summed E-state index contributed by atoms with van der Waals surface area (Å²) < 4.78 is 0. The first-order valence-corrected chi connectivity index (χ1v) is 6.06. The molecule has 1 aliphatic heterocycles. The Kier molecular flexibility index (Phi) is 3.27. The normalized spacial score (nSPS) is 16.8. The van der Waals surface area contributed by atoms with Crippen LogP contribution in [-0.4, -0.2) is 23.1 Å². The van der Waals surface area contributed by atoms with Gasteiger partial charge in [0.05, 0.1) is 5.69 Å². The molecule has 0 amide bonds. The van der Waals surface area contributed by atoms with Crippen LogP contribution in [0.4, 0.5) is 11.8 Å². The van der Waals surface area contributed by atoms with Gasteiger partial charge in [0, 0.05) is 19.2 Å². The summed E-state index contributed by atoms with van der Waals surface area (Å²) in [6.45, 7) is 6.37.